The van der Waals surface area contributed by atoms with Gasteiger partial charge in [0.15, 0.2) is 0 Å². The standard InChI is InChI=1S/C13H18ClN3O/c1-2-18-10-5-9(6-10)15-12-7-11(14)16-13(17-12)8-3-4-8/h7-10H,2-6H2,1H3,(H,15,16,17). The van der Waals surface area contributed by atoms with E-state index in [1.165, 1.54) is 12.8 Å². The molecule has 0 radical (unpaired) electrons. The van der Waals surface area contributed by atoms with Crippen LogP contribution in [0.1, 0.15) is 44.3 Å². The molecule has 0 aliphatic heterocycles. The molecule has 0 unspecified atom stereocenters. The van der Waals surface area contributed by atoms with Crippen LogP contribution < -0.4 is 5.32 Å². The third kappa shape index (κ3) is 2.75. The van der Waals surface area contributed by atoms with E-state index in [1.54, 1.807) is 6.07 Å². The maximum absolute atomic E-state index is 6.03. The molecule has 5 heteroatoms. The molecular weight excluding hydrogens is 250 g/mol. The van der Waals surface area contributed by atoms with Crippen LogP contribution >= 0.6 is 11.6 Å². The van der Waals surface area contributed by atoms with Gasteiger partial charge in [-0.2, -0.15) is 0 Å². The second kappa shape index (κ2) is 5.02. The maximum atomic E-state index is 6.03. The van der Waals surface area contributed by atoms with Gasteiger partial charge in [0.25, 0.3) is 0 Å². The van der Waals surface area contributed by atoms with Crippen molar-refractivity contribution in [3.05, 3.63) is 17.0 Å². The summed E-state index contributed by atoms with van der Waals surface area (Å²) in [6.07, 6.45) is 4.89. The Labute approximate surface area is 112 Å². The van der Waals surface area contributed by atoms with Crippen LogP contribution in [0.3, 0.4) is 0 Å². The van der Waals surface area contributed by atoms with E-state index in [-0.39, 0.29) is 0 Å². The molecule has 0 atom stereocenters. The molecule has 0 bridgehead atoms. The molecule has 0 aromatic carbocycles. The van der Waals surface area contributed by atoms with Crippen molar-refractivity contribution in [3.8, 4) is 0 Å². The van der Waals surface area contributed by atoms with Crippen molar-refractivity contribution in [2.75, 3.05) is 11.9 Å². The van der Waals surface area contributed by atoms with Gasteiger partial charge < -0.3 is 10.1 Å². The van der Waals surface area contributed by atoms with Gasteiger partial charge in [-0.3, -0.25) is 0 Å². The highest BCUT2D eigenvalue weighted by molar-refractivity contribution is 6.29. The summed E-state index contributed by atoms with van der Waals surface area (Å²) in [5, 5.41) is 3.95. The first-order valence-electron chi connectivity index (χ1n) is 6.67. The van der Waals surface area contributed by atoms with Gasteiger partial charge in [-0.05, 0) is 32.6 Å². The molecular formula is C13H18ClN3O. The highest BCUT2D eigenvalue weighted by atomic mass is 35.5. The molecule has 3 rings (SSSR count). The number of hydrogen-bond acceptors (Lipinski definition) is 4. The highest BCUT2D eigenvalue weighted by Crippen LogP contribution is 2.39. The Hall–Kier alpha value is -0.870. The molecule has 1 heterocycles. The number of rotatable bonds is 5. The van der Waals surface area contributed by atoms with Crippen molar-refractivity contribution >= 4 is 17.4 Å². The number of aromatic nitrogens is 2. The summed E-state index contributed by atoms with van der Waals surface area (Å²) in [6, 6.07) is 2.26. The van der Waals surface area contributed by atoms with E-state index in [0.717, 1.165) is 31.1 Å². The zero-order valence-corrected chi connectivity index (χ0v) is 11.3. The Bertz CT molecular complexity index is 430. The largest absolute Gasteiger partial charge is 0.378 e. The van der Waals surface area contributed by atoms with Gasteiger partial charge in [-0.1, -0.05) is 11.6 Å². The van der Waals surface area contributed by atoms with Crippen molar-refractivity contribution in [2.24, 2.45) is 0 Å². The lowest BCUT2D eigenvalue weighted by Gasteiger charge is -2.35. The lowest BCUT2D eigenvalue weighted by atomic mass is 9.89. The lowest BCUT2D eigenvalue weighted by molar-refractivity contribution is 0.00292. The van der Waals surface area contributed by atoms with Gasteiger partial charge in [0.05, 0.1) is 6.10 Å². The van der Waals surface area contributed by atoms with Crippen molar-refractivity contribution in [2.45, 2.75) is 50.7 Å². The van der Waals surface area contributed by atoms with Gasteiger partial charge in [0, 0.05) is 24.6 Å². The molecule has 1 aromatic rings. The second-order valence-electron chi connectivity index (χ2n) is 5.10. The summed E-state index contributed by atoms with van der Waals surface area (Å²) in [5.41, 5.74) is 0. The predicted octanol–water partition coefficient (Wildman–Crippen LogP) is 2.99. The number of hydrogen-bond donors (Lipinski definition) is 1. The molecule has 2 fully saturated rings. The topological polar surface area (TPSA) is 47.0 Å². The van der Waals surface area contributed by atoms with Crippen LogP contribution in [0, 0.1) is 0 Å². The summed E-state index contributed by atoms with van der Waals surface area (Å²) < 4.78 is 5.54. The fourth-order valence-electron chi connectivity index (χ4n) is 2.30. The Balaban J connectivity index is 1.59. The first-order chi connectivity index (χ1) is 8.74. The molecule has 1 aromatic heterocycles. The summed E-state index contributed by atoms with van der Waals surface area (Å²) in [4.78, 5) is 8.82. The smallest absolute Gasteiger partial charge is 0.135 e. The average molecular weight is 268 g/mol. The van der Waals surface area contributed by atoms with Crippen LogP contribution in [0.2, 0.25) is 5.15 Å². The van der Waals surface area contributed by atoms with Crippen LogP contribution in [-0.4, -0.2) is 28.7 Å². The molecule has 2 saturated carbocycles. The number of ether oxygens (including phenoxy) is 1. The van der Waals surface area contributed by atoms with Crippen molar-refractivity contribution in [1.82, 2.24) is 9.97 Å². The summed E-state index contributed by atoms with van der Waals surface area (Å²) in [7, 11) is 0. The third-order valence-electron chi connectivity index (χ3n) is 3.50. The zero-order valence-electron chi connectivity index (χ0n) is 10.5. The number of nitrogens with zero attached hydrogens (tertiary/aromatic N) is 2. The van der Waals surface area contributed by atoms with E-state index in [4.69, 9.17) is 16.3 Å². The summed E-state index contributed by atoms with van der Waals surface area (Å²) in [5.74, 6) is 2.28. The molecule has 0 amide bonds. The number of nitrogens with one attached hydrogen (secondary N) is 1. The Morgan fingerprint density at radius 3 is 2.83 bits per heavy atom. The molecule has 1 N–H and O–H groups in total. The second-order valence-corrected chi connectivity index (χ2v) is 5.49. The van der Waals surface area contributed by atoms with Crippen molar-refractivity contribution in [3.63, 3.8) is 0 Å². The van der Waals surface area contributed by atoms with Crippen LogP contribution in [0.25, 0.3) is 0 Å². The monoisotopic (exact) mass is 267 g/mol. The summed E-state index contributed by atoms with van der Waals surface area (Å²) in [6.45, 7) is 2.83. The van der Waals surface area contributed by atoms with E-state index in [9.17, 15) is 0 Å². The minimum absolute atomic E-state index is 0.410. The zero-order chi connectivity index (χ0) is 12.5. The van der Waals surface area contributed by atoms with Crippen LogP contribution in [0.15, 0.2) is 6.07 Å². The fourth-order valence-corrected chi connectivity index (χ4v) is 2.49. The molecule has 0 saturated heterocycles. The lowest BCUT2D eigenvalue weighted by Crippen LogP contribution is -2.41. The van der Waals surface area contributed by atoms with Crippen LogP contribution in [0.4, 0.5) is 5.82 Å². The molecule has 0 spiro atoms. The van der Waals surface area contributed by atoms with Gasteiger partial charge in [0.2, 0.25) is 0 Å². The van der Waals surface area contributed by atoms with Crippen molar-refractivity contribution < 1.29 is 4.74 Å². The minimum Gasteiger partial charge on any atom is -0.378 e. The van der Waals surface area contributed by atoms with Crippen LogP contribution in [-0.2, 0) is 4.74 Å². The van der Waals surface area contributed by atoms with Crippen molar-refractivity contribution in [1.29, 1.82) is 0 Å². The highest BCUT2D eigenvalue weighted by Gasteiger charge is 2.31. The molecule has 2 aliphatic carbocycles. The Kier molecular flexibility index (Phi) is 3.39. The van der Waals surface area contributed by atoms with E-state index in [0.29, 0.717) is 23.2 Å². The maximum Gasteiger partial charge on any atom is 0.135 e. The third-order valence-corrected chi connectivity index (χ3v) is 3.70. The first kappa shape index (κ1) is 12.2. The van der Waals surface area contributed by atoms with Gasteiger partial charge in [-0.15, -0.1) is 0 Å². The first-order valence-corrected chi connectivity index (χ1v) is 7.05. The average Bonchev–Trinajstić information content (AvgIpc) is 3.09. The van der Waals surface area contributed by atoms with E-state index in [2.05, 4.69) is 15.3 Å². The van der Waals surface area contributed by atoms with Gasteiger partial charge >= 0.3 is 0 Å². The molecule has 98 valence electrons. The van der Waals surface area contributed by atoms with E-state index < -0.39 is 0 Å². The molecule has 4 nitrogen and oxygen atoms in total. The Morgan fingerprint density at radius 2 is 2.17 bits per heavy atom. The molecule has 18 heavy (non-hydrogen) atoms. The fraction of sp³-hybridized carbons (Fsp3) is 0.692. The van der Waals surface area contributed by atoms with Crippen LogP contribution in [0.5, 0.6) is 0 Å². The number of halogens is 1. The Morgan fingerprint density at radius 1 is 1.39 bits per heavy atom. The predicted molar refractivity (Wildman–Crippen MR) is 71.1 cm³/mol. The van der Waals surface area contributed by atoms with E-state index >= 15 is 0 Å². The normalized spacial score (nSPS) is 26.8. The summed E-state index contributed by atoms with van der Waals surface area (Å²) >= 11 is 6.03. The van der Waals surface area contributed by atoms with Gasteiger partial charge in [-0.25, -0.2) is 9.97 Å². The number of anilines is 1. The quantitative estimate of drug-likeness (QED) is 0.833. The van der Waals surface area contributed by atoms with E-state index in [1.807, 2.05) is 6.92 Å². The molecule has 2 aliphatic rings. The SMILES string of the molecule is CCOC1CC(Nc2cc(Cl)nc(C3CC3)n2)C1. The minimum atomic E-state index is 0.410. The van der Waals surface area contributed by atoms with Gasteiger partial charge in [0.1, 0.15) is 16.8 Å².